The number of ether oxygens (including phenoxy) is 2. The molecule has 1 aromatic heterocycles. The van der Waals surface area contributed by atoms with Crippen molar-refractivity contribution < 1.29 is 19.1 Å². The molecule has 0 bridgehead atoms. The molecule has 0 aliphatic carbocycles. The van der Waals surface area contributed by atoms with Crippen molar-refractivity contribution in [2.24, 2.45) is 0 Å². The molecule has 0 saturated carbocycles. The number of amides is 1. The Balaban J connectivity index is 2.97. The predicted octanol–water partition coefficient (Wildman–Crippen LogP) is 2.62. The van der Waals surface area contributed by atoms with Gasteiger partial charge in [-0.05, 0) is 36.7 Å². The highest BCUT2D eigenvalue weighted by Crippen LogP contribution is 2.30. The Kier molecular flexibility index (Phi) is 5.50. The van der Waals surface area contributed by atoms with Crippen LogP contribution in [-0.2, 0) is 9.53 Å². The highest BCUT2D eigenvalue weighted by molar-refractivity contribution is 9.10. The average Bonchev–Trinajstić information content (AvgIpc) is 2.33. The summed E-state index contributed by atoms with van der Waals surface area (Å²) in [7, 11) is 1.46. The number of rotatable bonds is 4. The number of carbonyl (C=O) groups is 2. The number of nitrogens with zero attached hydrogens (tertiary/aromatic N) is 1. The number of carbonyl (C=O) groups excluding carboxylic acids is 2. The Labute approximate surface area is 126 Å². The summed E-state index contributed by atoms with van der Waals surface area (Å²) in [6, 6.07) is -0.892. The highest BCUT2D eigenvalue weighted by Gasteiger charge is 2.24. The Morgan fingerprint density at radius 2 is 2.10 bits per heavy atom. The summed E-state index contributed by atoms with van der Waals surface area (Å²) < 4.78 is 10.8. The van der Waals surface area contributed by atoms with Crippen molar-refractivity contribution in [3.8, 4) is 5.75 Å². The largest absolute Gasteiger partial charge is 0.495 e. The van der Waals surface area contributed by atoms with E-state index in [0.29, 0.717) is 22.1 Å². The van der Waals surface area contributed by atoms with E-state index >= 15 is 0 Å². The second-order valence-corrected chi connectivity index (χ2v) is 5.85. The summed E-state index contributed by atoms with van der Waals surface area (Å²) >= 11 is 3.29. The number of alkyl carbamates (subject to hydrolysis) is 1. The van der Waals surface area contributed by atoms with Crippen LogP contribution in [0.4, 0.5) is 4.79 Å². The first-order valence-electron chi connectivity index (χ1n) is 5.90. The average molecular weight is 345 g/mol. The van der Waals surface area contributed by atoms with Crippen LogP contribution in [0.3, 0.4) is 0 Å². The van der Waals surface area contributed by atoms with E-state index in [-0.39, 0.29) is 0 Å². The van der Waals surface area contributed by atoms with Gasteiger partial charge in [-0.3, -0.25) is 4.98 Å². The molecular formula is C13H17BrN2O4. The molecule has 1 amide bonds. The van der Waals surface area contributed by atoms with Gasteiger partial charge < -0.3 is 19.6 Å². The first kappa shape index (κ1) is 16.4. The number of nitrogens with one attached hydrogen (secondary N) is 1. The minimum Gasteiger partial charge on any atom is -0.495 e. The van der Waals surface area contributed by atoms with E-state index in [2.05, 4.69) is 26.2 Å². The molecule has 0 saturated heterocycles. The van der Waals surface area contributed by atoms with Gasteiger partial charge >= 0.3 is 6.09 Å². The first-order chi connectivity index (χ1) is 9.28. The van der Waals surface area contributed by atoms with Gasteiger partial charge in [0.05, 0.1) is 13.3 Å². The van der Waals surface area contributed by atoms with Crippen LogP contribution in [0.1, 0.15) is 32.4 Å². The van der Waals surface area contributed by atoms with Crippen molar-refractivity contribution in [2.75, 3.05) is 7.11 Å². The molecule has 0 fully saturated rings. The van der Waals surface area contributed by atoms with Crippen LogP contribution in [0.25, 0.3) is 0 Å². The molecule has 6 nitrogen and oxygen atoms in total. The lowest BCUT2D eigenvalue weighted by Crippen LogP contribution is -2.35. The fourth-order valence-electron chi connectivity index (χ4n) is 1.50. The van der Waals surface area contributed by atoms with E-state index in [1.807, 2.05) is 0 Å². The molecule has 0 aliphatic rings. The lowest BCUT2D eigenvalue weighted by molar-refractivity contribution is -0.109. The van der Waals surface area contributed by atoms with Crippen LogP contribution >= 0.6 is 15.9 Å². The molecule has 1 unspecified atom stereocenters. The normalized spacial score (nSPS) is 12.4. The Morgan fingerprint density at radius 3 is 2.60 bits per heavy atom. The van der Waals surface area contributed by atoms with Crippen LogP contribution < -0.4 is 10.1 Å². The quantitative estimate of drug-likeness (QED) is 0.849. The second kappa shape index (κ2) is 6.69. The van der Waals surface area contributed by atoms with Crippen molar-refractivity contribution in [2.45, 2.75) is 32.4 Å². The fourth-order valence-corrected chi connectivity index (χ4v) is 2.06. The van der Waals surface area contributed by atoms with Crippen molar-refractivity contribution in [1.29, 1.82) is 0 Å². The predicted molar refractivity (Wildman–Crippen MR) is 76.7 cm³/mol. The number of methoxy groups -OCH3 is 1. The number of pyridine rings is 1. The summed E-state index contributed by atoms with van der Waals surface area (Å²) in [6.07, 6.45) is 2.91. The van der Waals surface area contributed by atoms with E-state index in [1.165, 1.54) is 19.5 Å². The molecule has 0 spiro atoms. The van der Waals surface area contributed by atoms with Crippen LogP contribution in [0, 0.1) is 0 Å². The van der Waals surface area contributed by atoms with Crippen molar-refractivity contribution in [1.82, 2.24) is 10.3 Å². The lowest BCUT2D eigenvalue weighted by atomic mass is 10.1. The van der Waals surface area contributed by atoms with Crippen molar-refractivity contribution in [3.63, 3.8) is 0 Å². The van der Waals surface area contributed by atoms with Gasteiger partial charge in [-0.25, -0.2) is 4.79 Å². The Hall–Kier alpha value is -1.63. The third-order valence-corrected chi connectivity index (χ3v) is 2.87. The molecular weight excluding hydrogens is 328 g/mol. The Morgan fingerprint density at radius 1 is 1.45 bits per heavy atom. The molecule has 1 aromatic rings. The number of hydrogen-bond donors (Lipinski definition) is 1. The summed E-state index contributed by atoms with van der Waals surface area (Å²) in [5.74, 6) is 0.396. The molecule has 0 radical (unpaired) electrons. The molecule has 1 N–H and O–H groups in total. The van der Waals surface area contributed by atoms with Crippen LogP contribution in [-0.4, -0.2) is 30.1 Å². The summed E-state index contributed by atoms with van der Waals surface area (Å²) in [6.45, 7) is 5.22. The summed E-state index contributed by atoms with van der Waals surface area (Å²) in [5.41, 5.74) is -0.153. The molecule has 1 heterocycles. The fraction of sp³-hybridized carbons (Fsp3) is 0.462. The second-order valence-electron chi connectivity index (χ2n) is 5.00. The van der Waals surface area contributed by atoms with Crippen LogP contribution in [0.5, 0.6) is 5.75 Å². The van der Waals surface area contributed by atoms with Gasteiger partial charge in [0.2, 0.25) is 0 Å². The molecule has 1 rings (SSSR count). The monoisotopic (exact) mass is 344 g/mol. The molecule has 7 heteroatoms. The molecule has 20 heavy (non-hydrogen) atoms. The minimum absolute atomic E-state index is 0.396. The van der Waals surface area contributed by atoms with Crippen LogP contribution in [0.15, 0.2) is 16.9 Å². The number of halogens is 1. The lowest BCUT2D eigenvalue weighted by Gasteiger charge is -2.22. The first-order valence-corrected chi connectivity index (χ1v) is 6.70. The van der Waals surface area contributed by atoms with Gasteiger partial charge in [0.1, 0.15) is 23.7 Å². The smallest absolute Gasteiger partial charge is 0.408 e. The third-order valence-electron chi connectivity index (χ3n) is 2.24. The maximum absolute atomic E-state index is 11.7. The minimum atomic E-state index is -0.892. The van der Waals surface area contributed by atoms with Gasteiger partial charge in [0.15, 0.2) is 0 Å². The zero-order valence-electron chi connectivity index (χ0n) is 11.8. The van der Waals surface area contributed by atoms with E-state index in [1.54, 1.807) is 20.8 Å². The van der Waals surface area contributed by atoms with Crippen molar-refractivity contribution >= 4 is 28.3 Å². The van der Waals surface area contributed by atoms with Gasteiger partial charge in [-0.15, -0.1) is 0 Å². The zero-order valence-corrected chi connectivity index (χ0v) is 13.4. The standard InChI is InChI=1S/C13H17BrN2O4/c1-13(2,3)20-12(18)16-9(7-17)11-8(14)5-15-6-10(11)19-4/h5-7,9H,1-4H3,(H,16,18). The SMILES string of the molecule is COc1cncc(Br)c1C(C=O)NC(=O)OC(C)(C)C. The maximum Gasteiger partial charge on any atom is 0.408 e. The zero-order chi connectivity index (χ0) is 15.3. The van der Waals surface area contributed by atoms with Gasteiger partial charge in [0, 0.05) is 16.2 Å². The van der Waals surface area contributed by atoms with Gasteiger partial charge in [0.25, 0.3) is 0 Å². The van der Waals surface area contributed by atoms with E-state index in [4.69, 9.17) is 9.47 Å². The van der Waals surface area contributed by atoms with Crippen LogP contribution in [0.2, 0.25) is 0 Å². The van der Waals surface area contributed by atoms with Crippen molar-refractivity contribution in [3.05, 3.63) is 22.4 Å². The molecule has 110 valence electrons. The number of aldehydes is 1. The summed E-state index contributed by atoms with van der Waals surface area (Å²) in [4.78, 5) is 26.9. The van der Waals surface area contributed by atoms with E-state index in [0.717, 1.165) is 0 Å². The molecule has 0 aliphatic heterocycles. The Bertz CT molecular complexity index is 500. The highest BCUT2D eigenvalue weighted by atomic mass is 79.9. The third kappa shape index (κ3) is 4.48. The van der Waals surface area contributed by atoms with E-state index in [9.17, 15) is 9.59 Å². The molecule has 0 aromatic carbocycles. The summed E-state index contributed by atoms with van der Waals surface area (Å²) in [5, 5.41) is 2.49. The molecule has 1 atom stereocenters. The number of hydrogen-bond acceptors (Lipinski definition) is 5. The van der Waals surface area contributed by atoms with Gasteiger partial charge in [-0.2, -0.15) is 0 Å². The van der Waals surface area contributed by atoms with Gasteiger partial charge in [-0.1, -0.05) is 0 Å². The maximum atomic E-state index is 11.7. The number of aromatic nitrogens is 1. The van der Waals surface area contributed by atoms with E-state index < -0.39 is 17.7 Å². The topological polar surface area (TPSA) is 77.5 Å².